The van der Waals surface area contributed by atoms with Crippen molar-refractivity contribution in [3.8, 4) is 0 Å². The van der Waals surface area contributed by atoms with Crippen molar-refractivity contribution in [1.82, 2.24) is 4.90 Å². The lowest BCUT2D eigenvalue weighted by molar-refractivity contribution is -0.143. The number of rotatable bonds is 5. The molecule has 1 unspecified atom stereocenters. The number of carboxylic acids is 1. The van der Waals surface area contributed by atoms with Crippen LogP contribution >= 0.6 is 0 Å². The van der Waals surface area contributed by atoms with E-state index in [9.17, 15) is 23.1 Å². The maximum Gasteiger partial charge on any atom is 0.308 e. The fourth-order valence-corrected chi connectivity index (χ4v) is 4.70. The molecule has 0 radical (unpaired) electrons. The third-order valence-corrected chi connectivity index (χ3v) is 6.43. The molecule has 1 aliphatic rings. The van der Waals surface area contributed by atoms with Crippen LogP contribution in [0.25, 0.3) is 0 Å². The van der Waals surface area contributed by atoms with Gasteiger partial charge >= 0.3 is 5.97 Å². The van der Waals surface area contributed by atoms with E-state index in [1.54, 1.807) is 42.5 Å². The van der Waals surface area contributed by atoms with Crippen LogP contribution in [0.5, 0.6) is 0 Å². The first-order valence-electron chi connectivity index (χ1n) is 8.76. The molecule has 1 heterocycles. The normalized spacial score (nSPS) is 17.5. The van der Waals surface area contributed by atoms with Crippen LogP contribution in [0.15, 0.2) is 59.5 Å². The number of benzene rings is 2. The van der Waals surface area contributed by atoms with Crippen molar-refractivity contribution < 1.29 is 23.1 Å². The molecule has 0 spiro atoms. The average Bonchev–Trinajstić information content (AvgIpc) is 2.68. The fourth-order valence-electron chi connectivity index (χ4n) is 3.30. The smallest absolute Gasteiger partial charge is 0.308 e. The SMILES string of the molecule is O=C(O)C1CCCN(C(=O)c2ccccc2CS(=O)(=O)c2ccccc2)C1. The van der Waals surface area contributed by atoms with Crippen molar-refractivity contribution in [2.45, 2.75) is 23.5 Å². The summed E-state index contributed by atoms with van der Waals surface area (Å²) in [5.41, 5.74) is 0.729. The standard InChI is InChI=1S/C20H21NO5S/c22-19(21-12-6-8-15(13-21)20(23)24)18-11-5-4-7-16(18)14-27(25,26)17-9-2-1-3-10-17/h1-5,7,9-11,15H,6,8,12-14H2,(H,23,24). The van der Waals surface area contributed by atoms with Gasteiger partial charge in [0, 0.05) is 18.7 Å². The van der Waals surface area contributed by atoms with Gasteiger partial charge in [0.25, 0.3) is 5.91 Å². The molecule has 1 N–H and O–H groups in total. The summed E-state index contributed by atoms with van der Waals surface area (Å²) in [7, 11) is -3.59. The van der Waals surface area contributed by atoms with E-state index in [0.717, 1.165) is 0 Å². The molecule has 0 aromatic heterocycles. The Labute approximate surface area is 158 Å². The summed E-state index contributed by atoms with van der Waals surface area (Å²) in [4.78, 5) is 25.9. The molecular weight excluding hydrogens is 366 g/mol. The van der Waals surface area contributed by atoms with Crippen molar-refractivity contribution in [2.24, 2.45) is 5.92 Å². The van der Waals surface area contributed by atoms with Gasteiger partial charge in [-0.2, -0.15) is 0 Å². The maximum absolute atomic E-state index is 12.9. The van der Waals surface area contributed by atoms with Crippen LogP contribution in [0.2, 0.25) is 0 Å². The molecular formula is C20H21NO5S. The number of likely N-dealkylation sites (tertiary alicyclic amines) is 1. The molecule has 1 aliphatic heterocycles. The second kappa shape index (κ2) is 7.92. The minimum Gasteiger partial charge on any atom is -0.481 e. The molecule has 1 saturated heterocycles. The molecule has 27 heavy (non-hydrogen) atoms. The van der Waals surface area contributed by atoms with Gasteiger partial charge in [0.15, 0.2) is 9.84 Å². The highest BCUT2D eigenvalue weighted by atomic mass is 32.2. The summed E-state index contributed by atoms with van der Waals surface area (Å²) >= 11 is 0. The lowest BCUT2D eigenvalue weighted by Gasteiger charge is -2.31. The number of carbonyl (C=O) groups excluding carboxylic acids is 1. The topological polar surface area (TPSA) is 91.8 Å². The first-order chi connectivity index (χ1) is 12.9. The molecule has 2 aromatic carbocycles. The van der Waals surface area contributed by atoms with Crippen LogP contribution in [-0.2, 0) is 20.4 Å². The molecule has 3 rings (SSSR count). The van der Waals surface area contributed by atoms with Gasteiger partial charge < -0.3 is 10.0 Å². The van der Waals surface area contributed by atoms with Crippen LogP contribution in [0.4, 0.5) is 0 Å². The van der Waals surface area contributed by atoms with E-state index >= 15 is 0 Å². The van der Waals surface area contributed by atoms with Gasteiger partial charge in [-0.25, -0.2) is 8.42 Å². The number of hydrogen-bond donors (Lipinski definition) is 1. The van der Waals surface area contributed by atoms with Gasteiger partial charge in [-0.05, 0) is 36.6 Å². The molecule has 0 saturated carbocycles. The predicted octanol–water partition coefficient (Wildman–Crippen LogP) is 2.60. The number of nitrogens with zero attached hydrogens (tertiary/aromatic N) is 1. The Morgan fingerprint density at radius 3 is 2.41 bits per heavy atom. The summed E-state index contributed by atoms with van der Waals surface area (Å²) in [6.45, 7) is 0.621. The van der Waals surface area contributed by atoms with Gasteiger partial charge in [0.1, 0.15) is 0 Å². The zero-order valence-electron chi connectivity index (χ0n) is 14.7. The summed E-state index contributed by atoms with van der Waals surface area (Å²) in [5, 5.41) is 9.22. The van der Waals surface area contributed by atoms with Gasteiger partial charge in [-0.1, -0.05) is 36.4 Å². The lowest BCUT2D eigenvalue weighted by Crippen LogP contribution is -2.42. The Balaban J connectivity index is 1.86. The Morgan fingerprint density at radius 1 is 1.04 bits per heavy atom. The number of carbonyl (C=O) groups is 2. The molecule has 0 bridgehead atoms. The Kier molecular flexibility index (Phi) is 5.60. The number of sulfone groups is 1. The van der Waals surface area contributed by atoms with Crippen molar-refractivity contribution in [3.05, 3.63) is 65.7 Å². The van der Waals surface area contributed by atoms with Crippen LogP contribution < -0.4 is 0 Å². The van der Waals surface area contributed by atoms with E-state index in [1.165, 1.54) is 17.0 Å². The monoisotopic (exact) mass is 387 g/mol. The Bertz CT molecular complexity index is 940. The Morgan fingerprint density at radius 2 is 1.70 bits per heavy atom. The molecule has 1 amide bonds. The molecule has 1 atom stereocenters. The zero-order valence-corrected chi connectivity index (χ0v) is 15.6. The average molecular weight is 387 g/mol. The number of carboxylic acid groups (broad SMARTS) is 1. The van der Waals surface area contributed by atoms with Crippen LogP contribution in [-0.4, -0.2) is 43.4 Å². The van der Waals surface area contributed by atoms with Crippen molar-refractivity contribution in [2.75, 3.05) is 13.1 Å². The summed E-state index contributed by atoms with van der Waals surface area (Å²) < 4.78 is 25.4. The maximum atomic E-state index is 12.9. The molecule has 7 heteroatoms. The minimum atomic E-state index is -3.59. The number of amides is 1. The summed E-state index contributed by atoms with van der Waals surface area (Å²) in [6, 6.07) is 14.7. The van der Waals surface area contributed by atoms with Crippen molar-refractivity contribution >= 4 is 21.7 Å². The van der Waals surface area contributed by atoms with Gasteiger partial charge in [-0.15, -0.1) is 0 Å². The summed E-state index contributed by atoms with van der Waals surface area (Å²) in [6.07, 6.45) is 1.16. The highest BCUT2D eigenvalue weighted by molar-refractivity contribution is 7.90. The largest absolute Gasteiger partial charge is 0.481 e. The van der Waals surface area contributed by atoms with Crippen molar-refractivity contribution in [3.63, 3.8) is 0 Å². The van der Waals surface area contributed by atoms with Gasteiger partial charge in [-0.3, -0.25) is 9.59 Å². The first kappa shape index (κ1) is 19.1. The van der Waals surface area contributed by atoms with Crippen LogP contribution in [0, 0.1) is 5.92 Å². The molecule has 1 fully saturated rings. The van der Waals surface area contributed by atoms with Gasteiger partial charge in [0.2, 0.25) is 0 Å². The highest BCUT2D eigenvalue weighted by Crippen LogP contribution is 2.23. The summed E-state index contributed by atoms with van der Waals surface area (Å²) in [5.74, 6) is -2.09. The quantitative estimate of drug-likeness (QED) is 0.851. The fraction of sp³-hybridized carbons (Fsp3) is 0.300. The third kappa shape index (κ3) is 4.36. The minimum absolute atomic E-state index is 0.147. The van der Waals surface area contributed by atoms with Gasteiger partial charge in [0.05, 0.1) is 16.6 Å². The number of piperidine rings is 1. The number of aliphatic carboxylic acids is 1. The van der Waals surface area contributed by atoms with E-state index in [2.05, 4.69) is 0 Å². The molecule has 0 aliphatic carbocycles. The van der Waals surface area contributed by atoms with Crippen LogP contribution in [0.1, 0.15) is 28.8 Å². The molecule has 142 valence electrons. The van der Waals surface area contributed by atoms with Crippen LogP contribution in [0.3, 0.4) is 0 Å². The van der Waals surface area contributed by atoms with Crippen molar-refractivity contribution in [1.29, 1.82) is 0 Å². The molecule has 2 aromatic rings. The number of hydrogen-bond acceptors (Lipinski definition) is 4. The van der Waals surface area contributed by atoms with E-state index < -0.39 is 21.7 Å². The van der Waals surface area contributed by atoms with E-state index in [-0.39, 0.29) is 23.1 Å². The lowest BCUT2D eigenvalue weighted by atomic mass is 9.97. The Hall–Kier alpha value is -2.67. The zero-order chi connectivity index (χ0) is 19.4. The predicted molar refractivity (Wildman–Crippen MR) is 100 cm³/mol. The van der Waals surface area contributed by atoms with E-state index in [1.807, 2.05) is 0 Å². The second-order valence-electron chi connectivity index (χ2n) is 6.66. The van der Waals surface area contributed by atoms with E-state index in [4.69, 9.17) is 0 Å². The second-order valence-corrected chi connectivity index (χ2v) is 8.65. The first-order valence-corrected chi connectivity index (χ1v) is 10.4. The highest BCUT2D eigenvalue weighted by Gasteiger charge is 2.30. The van der Waals surface area contributed by atoms with E-state index in [0.29, 0.717) is 30.5 Å². The third-order valence-electron chi connectivity index (χ3n) is 4.75. The molecule has 6 nitrogen and oxygen atoms in total.